The summed E-state index contributed by atoms with van der Waals surface area (Å²) in [6.07, 6.45) is 0. The van der Waals surface area contributed by atoms with Gasteiger partial charge in [-0.2, -0.15) is 4.31 Å². The number of nitrogens with zero attached hydrogens (tertiary/aromatic N) is 2. The summed E-state index contributed by atoms with van der Waals surface area (Å²) in [4.78, 5) is 14.8. The van der Waals surface area contributed by atoms with Crippen molar-refractivity contribution in [2.45, 2.75) is 4.90 Å². The lowest BCUT2D eigenvalue weighted by atomic mass is 10.1. The second kappa shape index (κ2) is 9.68. The lowest BCUT2D eigenvalue weighted by molar-refractivity contribution is 0.0947. The zero-order chi connectivity index (χ0) is 22.6. The molecule has 8 heteroatoms. The minimum Gasteiger partial charge on any atom is -0.492 e. The second-order valence-electron chi connectivity index (χ2n) is 7.85. The molecule has 1 fully saturated rings. The molecule has 1 heterocycles. The Morgan fingerprint density at radius 1 is 0.938 bits per heavy atom. The predicted octanol–water partition coefficient (Wildman–Crippen LogP) is 2.58. The Hall–Kier alpha value is -2.94. The van der Waals surface area contributed by atoms with Crippen LogP contribution in [0.2, 0.25) is 0 Å². The molecule has 0 saturated carbocycles. The molecule has 3 aromatic carbocycles. The third kappa shape index (κ3) is 5.09. The maximum absolute atomic E-state index is 12.9. The van der Waals surface area contributed by atoms with Gasteiger partial charge in [-0.05, 0) is 48.2 Å². The Labute approximate surface area is 188 Å². The lowest BCUT2D eigenvalue weighted by Crippen LogP contribution is -2.47. The van der Waals surface area contributed by atoms with Crippen LogP contribution in [0.25, 0.3) is 10.8 Å². The number of hydrogen-bond acceptors (Lipinski definition) is 5. The van der Waals surface area contributed by atoms with Crippen molar-refractivity contribution in [2.24, 2.45) is 0 Å². The lowest BCUT2D eigenvalue weighted by Gasteiger charge is -2.31. The van der Waals surface area contributed by atoms with Gasteiger partial charge in [-0.25, -0.2) is 8.42 Å². The summed E-state index contributed by atoms with van der Waals surface area (Å²) in [5, 5.41) is 5.02. The molecule has 7 nitrogen and oxygen atoms in total. The molecule has 4 rings (SSSR count). The van der Waals surface area contributed by atoms with Crippen LogP contribution >= 0.6 is 0 Å². The predicted molar refractivity (Wildman–Crippen MR) is 124 cm³/mol. The largest absolute Gasteiger partial charge is 0.492 e. The van der Waals surface area contributed by atoms with E-state index >= 15 is 0 Å². The van der Waals surface area contributed by atoms with Crippen molar-refractivity contribution in [3.05, 3.63) is 72.3 Å². The monoisotopic (exact) mass is 453 g/mol. The van der Waals surface area contributed by atoms with E-state index in [-0.39, 0.29) is 10.8 Å². The molecular formula is C24H27N3O4S. The highest BCUT2D eigenvalue weighted by molar-refractivity contribution is 7.89. The first-order chi connectivity index (χ1) is 15.4. The fraction of sp³-hybridized carbons (Fsp3) is 0.292. The van der Waals surface area contributed by atoms with Crippen molar-refractivity contribution in [2.75, 3.05) is 46.4 Å². The van der Waals surface area contributed by atoms with E-state index in [1.54, 1.807) is 12.1 Å². The first-order valence-electron chi connectivity index (χ1n) is 10.6. The minimum atomic E-state index is -3.62. The van der Waals surface area contributed by atoms with Gasteiger partial charge >= 0.3 is 0 Å². The fourth-order valence-corrected chi connectivity index (χ4v) is 5.14. The molecule has 1 saturated heterocycles. The molecule has 1 aliphatic heterocycles. The van der Waals surface area contributed by atoms with Crippen LogP contribution in [0, 0.1) is 0 Å². The molecule has 1 N–H and O–H groups in total. The standard InChI is InChI=1S/C24H27N3O4S/c1-26-12-14-27(15-13-26)32(29,30)23-8-4-7-21(18-23)24(28)25-11-16-31-22-10-9-19-5-2-3-6-20(19)17-22/h2-10,17-18H,11-16H2,1H3,(H,25,28). The number of carbonyl (C=O) groups is 1. The number of sulfonamides is 1. The van der Waals surface area contributed by atoms with Gasteiger partial charge in [-0.3, -0.25) is 4.79 Å². The fourth-order valence-electron chi connectivity index (χ4n) is 3.67. The van der Waals surface area contributed by atoms with Crippen LogP contribution in [0.4, 0.5) is 0 Å². The molecule has 0 aromatic heterocycles. The van der Waals surface area contributed by atoms with E-state index in [0.29, 0.717) is 44.9 Å². The minimum absolute atomic E-state index is 0.141. The Morgan fingerprint density at radius 2 is 1.69 bits per heavy atom. The molecule has 3 aromatic rings. The van der Waals surface area contributed by atoms with Crippen LogP contribution in [-0.4, -0.2) is 69.9 Å². The quantitative estimate of drug-likeness (QED) is 0.557. The molecule has 0 bridgehead atoms. The molecular weight excluding hydrogens is 426 g/mol. The number of nitrogens with one attached hydrogen (secondary N) is 1. The highest BCUT2D eigenvalue weighted by Crippen LogP contribution is 2.21. The van der Waals surface area contributed by atoms with Crippen molar-refractivity contribution in [1.29, 1.82) is 0 Å². The van der Waals surface area contributed by atoms with E-state index in [2.05, 4.69) is 10.2 Å². The van der Waals surface area contributed by atoms with Gasteiger partial charge in [0.05, 0.1) is 11.4 Å². The Bertz CT molecular complexity index is 1200. The molecule has 0 unspecified atom stereocenters. The molecule has 0 spiro atoms. The van der Waals surface area contributed by atoms with Crippen LogP contribution in [0.15, 0.2) is 71.6 Å². The zero-order valence-electron chi connectivity index (χ0n) is 18.0. The topological polar surface area (TPSA) is 79.0 Å². The van der Waals surface area contributed by atoms with Gasteiger partial charge < -0.3 is 15.0 Å². The van der Waals surface area contributed by atoms with Crippen molar-refractivity contribution in [1.82, 2.24) is 14.5 Å². The van der Waals surface area contributed by atoms with Crippen molar-refractivity contribution in [3.63, 3.8) is 0 Å². The smallest absolute Gasteiger partial charge is 0.251 e. The average molecular weight is 454 g/mol. The van der Waals surface area contributed by atoms with Crippen LogP contribution in [0.3, 0.4) is 0 Å². The van der Waals surface area contributed by atoms with E-state index < -0.39 is 10.0 Å². The summed E-state index contributed by atoms with van der Waals surface area (Å²) < 4.78 is 33.1. The molecule has 168 valence electrons. The Kier molecular flexibility index (Phi) is 6.74. The average Bonchev–Trinajstić information content (AvgIpc) is 2.82. The third-order valence-electron chi connectivity index (χ3n) is 5.57. The zero-order valence-corrected chi connectivity index (χ0v) is 18.8. The third-order valence-corrected chi connectivity index (χ3v) is 7.47. The number of carbonyl (C=O) groups excluding carboxylic acids is 1. The summed E-state index contributed by atoms with van der Waals surface area (Å²) >= 11 is 0. The van der Waals surface area contributed by atoms with Gasteiger partial charge in [0.2, 0.25) is 10.0 Å². The maximum atomic E-state index is 12.9. The highest BCUT2D eigenvalue weighted by atomic mass is 32.2. The van der Waals surface area contributed by atoms with Gasteiger partial charge in [0.1, 0.15) is 12.4 Å². The van der Waals surface area contributed by atoms with Gasteiger partial charge in [-0.15, -0.1) is 0 Å². The summed E-state index contributed by atoms with van der Waals surface area (Å²) in [6, 6.07) is 20.1. The van der Waals surface area contributed by atoms with Gasteiger partial charge in [-0.1, -0.05) is 36.4 Å². The number of amides is 1. The number of rotatable bonds is 7. The summed E-state index contributed by atoms with van der Waals surface area (Å²) in [5.41, 5.74) is 0.311. The second-order valence-corrected chi connectivity index (χ2v) is 9.79. The first kappa shape index (κ1) is 22.3. The summed E-state index contributed by atoms with van der Waals surface area (Å²) in [6.45, 7) is 2.89. The Balaban J connectivity index is 1.33. The van der Waals surface area contributed by atoms with Crippen LogP contribution in [-0.2, 0) is 10.0 Å². The number of piperazine rings is 1. The maximum Gasteiger partial charge on any atom is 0.251 e. The molecule has 32 heavy (non-hydrogen) atoms. The number of benzene rings is 3. The number of likely N-dealkylation sites (N-methyl/N-ethyl adjacent to an activating group) is 1. The van der Waals surface area contributed by atoms with Crippen LogP contribution < -0.4 is 10.1 Å². The number of hydrogen-bond donors (Lipinski definition) is 1. The SMILES string of the molecule is CN1CCN(S(=O)(=O)c2cccc(C(=O)NCCOc3ccc4ccccc4c3)c2)CC1. The van der Waals surface area contributed by atoms with E-state index in [0.717, 1.165) is 16.5 Å². The van der Waals surface area contributed by atoms with E-state index in [1.165, 1.54) is 16.4 Å². The Morgan fingerprint density at radius 3 is 2.47 bits per heavy atom. The highest BCUT2D eigenvalue weighted by Gasteiger charge is 2.27. The molecule has 1 aliphatic rings. The van der Waals surface area contributed by atoms with Crippen LogP contribution in [0.5, 0.6) is 5.75 Å². The van der Waals surface area contributed by atoms with Crippen molar-refractivity contribution < 1.29 is 17.9 Å². The normalized spacial score (nSPS) is 15.5. The molecule has 0 aliphatic carbocycles. The number of ether oxygens (including phenoxy) is 1. The van der Waals surface area contributed by atoms with Crippen molar-refractivity contribution in [3.8, 4) is 5.75 Å². The van der Waals surface area contributed by atoms with Gasteiger partial charge in [0.25, 0.3) is 5.91 Å². The van der Waals surface area contributed by atoms with Gasteiger partial charge in [0, 0.05) is 31.7 Å². The van der Waals surface area contributed by atoms with E-state index in [4.69, 9.17) is 4.74 Å². The number of fused-ring (bicyclic) bond motifs is 1. The van der Waals surface area contributed by atoms with Crippen molar-refractivity contribution >= 4 is 26.7 Å². The van der Waals surface area contributed by atoms with E-state index in [1.807, 2.05) is 49.5 Å². The van der Waals surface area contributed by atoms with Crippen LogP contribution in [0.1, 0.15) is 10.4 Å². The molecule has 1 amide bonds. The van der Waals surface area contributed by atoms with Gasteiger partial charge in [0.15, 0.2) is 0 Å². The summed E-state index contributed by atoms with van der Waals surface area (Å²) in [5.74, 6) is 0.403. The molecule has 0 atom stereocenters. The molecule has 0 radical (unpaired) electrons. The first-order valence-corrected chi connectivity index (χ1v) is 12.1. The van der Waals surface area contributed by atoms with E-state index in [9.17, 15) is 13.2 Å². The summed E-state index contributed by atoms with van der Waals surface area (Å²) in [7, 11) is -1.65.